The summed E-state index contributed by atoms with van der Waals surface area (Å²) in [4.78, 5) is 4.38. The minimum atomic E-state index is -0.0803. The molecule has 0 N–H and O–H groups in total. The molecular weight excluding hydrogens is 182 g/mol. The second-order valence-corrected chi connectivity index (χ2v) is 4.73. The Bertz CT molecular complexity index is 333. The van der Waals surface area contributed by atoms with Crippen molar-refractivity contribution in [1.82, 2.24) is 0 Å². The van der Waals surface area contributed by atoms with Crippen molar-refractivity contribution in [3.63, 3.8) is 0 Å². The van der Waals surface area contributed by atoms with Crippen LogP contribution in [-0.4, -0.2) is 12.3 Å². The molecular formula is C14H23N. The highest BCUT2D eigenvalue weighted by atomic mass is 15.0. The van der Waals surface area contributed by atoms with E-state index in [-0.39, 0.29) is 11.0 Å². The highest BCUT2D eigenvalue weighted by molar-refractivity contribution is 5.60. The molecule has 84 valence electrons. The zero-order chi connectivity index (χ0) is 11.9. The van der Waals surface area contributed by atoms with Crippen LogP contribution in [0.2, 0.25) is 0 Å². The van der Waals surface area contributed by atoms with Gasteiger partial charge < -0.3 is 0 Å². The Morgan fingerprint density at radius 1 is 1.20 bits per heavy atom. The molecule has 0 heterocycles. The zero-order valence-corrected chi connectivity index (χ0v) is 10.8. The lowest BCUT2D eigenvalue weighted by molar-refractivity contribution is 0.454. The van der Waals surface area contributed by atoms with E-state index in [1.807, 2.05) is 0 Å². The van der Waals surface area contributed by atoms with E-state index in [1.165, 1.54) is 16.7 Å². The van der Waals surface area contributed by atoms with E-state index < -0.39 is 0 Å². The van der Waals surface area contributed by atoms with Gasteiger partial charge in [-0.25, -0.2) is 0 Å². The predicted octanol–water partition coefficient (Wildman–Crippen LogP) is 4.16. The summed E-state index contributed by atoms with van der Waals surface area (Å²) in [6.45, 7) is 18.9. The smallest absolute Gasteiger partial charge is 0.0944 e. The van der Waals surface area contributed by atoms with Gasteiger partial charge in [0.1, 0.15) is 0 Å². The van der Waals surface area contributed by atoms with Crippen LogP contribution in [0.4, 0.5) is 0 Å². The molecule has 1 nitrogen and oxygen atoms in total. The Morgan fingerprint density at radius 3 is 1.93 bits per heavy atom. The molecule has 0 aromatic carbocycles. The van der Waals surface area contributed by atoms with Gasteiger partial charge in [0.05, 0.1) is 5.54 Å². The van der Waals surface area contributed by atoms with E-state index in [2.05, 4.69) is 52.9 Å². The summed E-state index contributed by atoms with van der Waals surface area (Å²) in [5.41, 5.74) is 4.10. The van der Waals surface area contributed by atoms with Crippen LogP contribution in [0, 0.1) is 5.41 Å². The molecule has 0 saturated heterocycles. The van der Waals surface area contributed by atoms with E-state index in [9.17, 15) is 0 Å². The fraction of sp³-hybridized carbons (Fsp3) is 0.643. The van der Waals surface area contributed by atoms with Crippen LogP contribution in [-0.2, 0) is 0 Å². The summed E-state index contributed by atoms with van der Waals surface area (Å²) in [6.07, 6.45) is 2.09. The second-order valence-electron chi connectivity index (χ2n) is 4.73. The van der Waals surface area contributed by atoms with Crippen LogP contribution < -0.4 is 0 Å². The van der Waals surface area contributed by atoms with E-state index in [4.69, 9.17) is 0 Å². The van der Waals surface area contributed by atoms with Crippen LogP contribution in [0.1, 0.15) is 47.5 Å². The third-order valence-electron chi connectivity index (χ3n) is 4.36. The first-order valence-electron chi connectivity index (χ1n) is 5.76. The van der Waals surface area contributed by atoms with Crippen molar-refractivity contribution in [1.29, 1.82) is 0 Å². The van der Waals surface area contributed by atoms with Gasteiger partial charge in [-0.05, 0) is 45.9 Å². The third kappa shape index (κ3) is 1.18. The van der Waals surface area contributed by atoms with Gasteiger partial charge in [-0.1, -0.05) is 31.6 Å². The topological polar surface area (TPSA) is 12.4 Å². The van der Waals surface area contributed by atoms with Crippen molar-refractivity contribution in [3.05, 3.63) is 23.3 Å². The van der Waals surface area contributed by atoms with Gasteiger partial charge in [-0.2, -0.15) is 0 Å². The first kappa shape index (κ1) is 12.2. The number of nitrogens with zero attached hydrogens (tertiary/aromatic N) is 1. The first-order valence-corrected chi connectivity index (χ1v) is 5.76. The maximum absolute atomic E-state index is 4.38. The van der Waals surface area contributed by atoms with Crippen LogP contribution >= 0.6 is 0 Å². The van der Waals surface area contributed by atoms with E-state index in [0.29, 0.717) is 0 Å². The summed E-state index contributed by atoms with van der Waals surface area (Å²) in [5, 5.41) is 0. The lowest BCUT2D eigenvalue weighted by Gasteiger charge is -2.21. The van der Waals surface area contributed by atoms with Crippen molar-refractivity contribution >= 4 is 6.72 Å². The number of rotatable bonds is 4. The molecule has 2 unspecified atom stereocenters. The Morgan fingerprint density at radius 2 is 1.73 bits per heavy atom. The molecule has 1 fully saturated rings. The van der Waals surface area contributed by atoms with Crippen molar-refractivity contribution in [2.45, 2.75) is 53.0 Å². The summed E-state index contributed by atoms with van der Waals surface area (Å²) < 4.78 is 0. The fourth-order valence-corrected chi connectivity index (χ4v) is 3.17. The van der Waals surface area contributed by atoms with Gasteiger partial charge >= 0.3 is 0 Å². The first-order chi connectivity index (χ1) is 6.94. The van der Waals surface area contributed by atoms with E-state index in [0.717, 1.165) is 12.8 Å². The SMILES string of the molecule is C=NC1(CC)C(=C)C1(CC)C(C)=C(C)C. The third-order valence-corrected chi connectivity index (χ3v) is 4.36. The summed E-state index contributed by atoms with van der Waals surface area (Å²) in [7, 11) is 0. The Kier molecular flexibility index (Phi) is 2.95. The second kappa shape index (κ2) is 3.62. The average molecular weight is 205 g/mol. The normalized spacial score (nSPS) is 33.8. The Hall–Kier alpha value is -0.850. The molecule has 1 aliphatic carbocycles. The van der Waals surface area contributed by atoms with Gasteiger partial charge in [-0.3, -0.25) is 4.99 Å². The quantitative estimate of drug-likeness (QED) is 0.483. The monoisotopic (exact) mass is 205 g/mol. The van der Waals surface area contributed by atoms with Crippen molar-refractivity contribution in [2.75, 3.05) is 0 Å². The van der Waals surface area contributed by atoms with Crippen molar-refractivity contribution in [2.24, 2.45) is 10.4 Å². The van der Waals surface area contributed by atoms with Crippen LogP contribution in [0.5, 0.6) is 0 Å². The molecule has 1 heteroatoms. The predicted molar refractivity (Wildman–Crippen MR) is 68.5 cm³/mol. The Labute approximate surface area is 94.0 Å². The highest BCUT2D eigenvalue weighted by Gasteiger charge is 2.70. The molecule has 2 atom stereocenters. The molecule has 15 heavy (non-hydrogen) atoms. The molecule has 1 rings (SSSR count). The van der Waals surface area contributed by atoms with Crippen molar-refractivity contribution < 1.29 is 0 Å². The lowest BCUT2D eigenvalue weighted by Crippen LogP contribution is -2.18. The lowest BCUT2D eigenvalue weighted by atomic mass is 9.85. The largest absolute Gasteiger partial charge is 0.289 e. The molecule has 0 aliphatic heterocycles. The zero-order valence-electron chi connectivity index (χ0n) is 10.8. The standard InChI is InChI=1S/C14H23N/c1-8-13(11(5)10(3)4)12(6)14(13,9-2)15-7/h6-9H2,1-5H3. The number of aliphatic imine (C=N–C) groups is 1. The van der Waals surface area contributed by atoms with E-state index >= 15 is 0 Å². The minimum absolute atomic E-state index is 0.0803. The summed E-state index contributed by atoms with van der Waals surface area (Å²) >= 11 is 0. The Balaban J connectivity index is 3.29. The molecule has 0 amide bonds. The maximum atomic E-state index is 4.38. The summed E-state index contributed by atoms with van der Waals surface area (Å²) in [5.74, 6) is 0. The van der Waals surface area contributed by atoms with Crippen LogP contribution in [0.25, 0.3) is 0 Å². The van der Waals surface area contributed by atoms with Gasteiger partial charge in [0.2, 0.25) is 0 Å². The van der Waals surface area contributed by atoms with Crippen LogP contribution in [0.15, 0.2) is 28.3 Å². The highest BCUT2D eigenvalue weighted by Crippen LogP contribution is 2.71. The van der Waals surface area contributed by atoms with Crippen molar-refractivity contribution in [3.8, 4) is 0 Å². The number of hydrogen-bond donors (Lipinski definition) is 0. The van der Waals surface area contributed by atoms with Gasteiger partial charge in [0, 0.05) is 5.41 Å². The van der Waals surface area contributed by atoms with Crippen LogP contribution in [0.3, 0.4) is 0 Å². The average Bonchev–Trinajstić information content (AvgIpc) is 2.77. The molecule has 0 aromatic heterocycles. The number of hydrogen-bond acceptors (Lipinski definition) is 1. The molecule has 0 aromatic rings. The number of allylic oxidation sites excluding steroid dienone is 1. The van der Waals surface area contributed by atoms with E-state index in [1.54, 1.807) is 0 Å². The van der Waals surface area contributed by atoms with Gasteiger partial charge in [0.15, 0.2) is 0 Å². The maximum Gasteiger partial charge on any atom is 0.0944 e. The molecule has 0 bridgehead atoms. The molecule has 0 spiro atoms. The minimum Gasteiger partial charge on any atom is -0.289 e. The summed E-state index contributed by atoms with van der Waals surface area (Å²) in [6, 6.07) is 0. The van der Waals surface area contributed by atoms with Gasteiger partial charge in [-0.15, -0.1) is 0 Å². The molecule has 0 radical (unpaired) electrons. The van der Waals surface area contributed by atoms with Gasteiger partial charge in [0.25, 0.3) is 0 Å². The fourth-order valence-electron chi connectivity index (χ4n) is 3.17. The molecule has 1 aliphatic rings. The molecule has 1 saturated carbocycles.